The average Bonchev–Trinajstić information content (AvgIpc) is 3.20. The number of nitrogens with one attached hydrogen (secondary N) is 1. The number of hydrogen-bond donors (Lipinski definition) is 1. The van der Waals surface area contributed by atoms with Gasteiger partial charge in [-0.25, -0.2) is 8.42 Å². The van der Waals surface area contributed by atoms with Crippen LogP contribution in [0.4, 0.5) is 11.4 Å². The average molecular weight is 266 g/mol. The van der Waals surface area contributed by atoms with Crippen LogP contribution in [0.25, 0.3) is 0 Å². The first kappa shape index (κ1) is 11.8. The highest BCUT2D eigenvalue weighted by molar-refractivity contribution is 7.92. The summed E-state index contributed by atoms with van der Waals surface area (Å²) < 4.78 is 26.3. The highest BCUT2D eigenvalue weighted by Crippen LogP contribution is 2.35. The third-order valence-electron chi connectivity index (χ3n) is 3.62. The molecule has 1 fully saturated rings. The lowest BCUT2D eigenvalue weighted by molar-refractivity contribution is 0.585. The molecule has 18 heavy (non-hydrogen) atoms. The zero-order valence-corrected chi connectivity index (χ0v) is 11.1. The Balaban J connectivity index is 1.83. The largest absolute Gasteiger partial charge is 0.382 e. The second-order valence-corrected chi connectivity index (χ2v) is 7.08. The van der Waals surface area contributed by atoms with Crippen molar-refractivity contribution in [3.63, 3.8) is 0 Å². The van der Waals surface area contributed by atoms with Gasteiger partial charge in [-0.1, -0.05) is 25.0 Å². The van der Waals surface area contributed by atoms with E-state index in [1.165, 1.54) is 12.8 Å². The number of hydrogen-bond acceptors (Lipinski definition) is 3. The van der Waals surface area contributed by atoms with Gasteiger partial charge < -0.3 is 5.32 Å². The van der Waals surface area contributed by atoms with Crippen LogP contribution >= 0.6 is 0 Å². The lowest BCUT2D eigenvalue weighted by Crippen LogP contribution is -2.40. The summed E-state index contributed by atoms with van der Waals surface area (Å²) in [6, 6.07) is 7.61. The zero-order valence-electron chi connectivity index (χ0n) is 10.3. The van der Waals surface area contributed by atoms with Crippen LogP contribution in [0.3, 0.4) is 0 Å². The van der Waals surface area contributed by atoms with Crippen molar-refractivity contribution in [1.29, 1.82) is 0 Å². The number of sulfonamides is 1. The number of para-hydroxylation sites is 2. The fraction of sp³-hybridized carbons (Fsp3) is 0.538. The molecule has 1 aromatic carbocycles. The van der Waals surface area contributed by atoms with Gasteiger partial charge in [0.2, 0.25) is 10.0 Å². The van der Waals surface area contributed by atoms with Gasteiger partial charge in [-0.15, -0.1) is 0 Å². The van der Waals surface area contributed by atoms with E-state index in [9.17, 15) is 8.42 Å². The van der Waals surface area contributed by atoms with Gasteiger partial charge in [-0.05, 0) is 24.5 Å². The quantitative estimate of drug-likeness (QED) is 0.907. The molecule has 0 unspecified atom stereocenters. The molecule has 4 nitrogen and oxygen atoms in total. The van der Waals surface area contributed by atoms with Crippen molar-refractivity contribution in [2.24, 2.45) is 5.92 Å². The molecule has 2 aliphatic rings. The summed E-state index contributed by atoms with van der Waals surface area (Å²) in [4.78, 5) is 0. The smallest absolute Gasteiger partial charge is 0.235 e. The van der Waals surface area contributed by atoms with Crippen molar-refractivity contribution in [3.05, 3.63) is 24.3 Å². The van der Waals surface area contributed by atoms with E-state index in [0.29, 0.717) is 19.0 Å². The van der Waals surface area contributed by atoms with Crippen molar-refractivity contribution < 1.29 is 8.42 Å². The molecule has 0 saturated heterocycles. The molecule has 0 radical (unpaired) electrons. The summed E-state index contributed by atoms with van der Waals surface area (Å²) >= 11 is 0. The highest BCUT2D eigenvalue weighted by atomic mass is 32.2. The summed E-state index contributed by atoms with van der Waals surface area (Å²) in [7, 11) is -3.16. The lowest BCUT2D eigenvalue weighted by atomic mass is 10.2. The van der Waals surface area contributed by atoms with Crippen LogP contribution in [-0.4, -0.2) is 27.3 Å². The summed E-state index contributed by atoms with van der Waals surface area (Å²) in [5.74, 6) is 0.935. The molecule has 98 valence electrons. The van der Waals surface area contributed by atoms with Crippen LogP contribution in [-0.2, 0) is 10.0 Å². The fourth-order valence-corrected chi connectivity index (χ4v) is 4.05. The van der Waals surface area contributed by atoms with E-state index in [-0.39, 0.29) is 5.75 Å². The first-order valence-corrected chi connectivity index (χ1v) is 8.11. The van der Waals surface area contributed by atoms with Gasteiger partial charge in [0.25, 0.3) is 0 Å². The van der Waals surface area contributed by atoms with Gasteiger partial charge in [0, 0.05) is 6.54 Å². The first-order valence-electron chi connectivity index (χ1n) is 6.50. The first-order chi connectivity index (χ1) is 8.67. The topological polar surface area (TPSA) is 49.4 Å². The van der Waals surface area contributed by atoms with E-state index in [0.717, 1.165) is 17.8 Å². The number of nitrogens with zero attached hydrogens (tertiary/aromatic N) is 1. The Bertz CT molecular complexity index is 538. The molecule has 1 aliphatic carbocycles. The van der Waals surface area contributed by atoms with Gasteiger partial charge in [0.05, 0.1) is 23.7 Å². The molecule has 1 N–H and O–H groups in total. The van der Waals surface area contributed by atoms with Crippen molar-refractivity contribution in [2.45, 2.75) is 19.3 Å². The van der Waals surface area contributed by atoms with Crippen LogP contribution in [0.15, 0.2) is 24.3 Å². The van der Waals surface area contributed by atoms with Crippen LogP contribution in [0, 0.1) is 5.92 Å². The van der Waals surface area contributed by atoms with Crippen molar-refractivity contribution in [2.75, 3.05) is 28.5 Å². The SMILES string of the molecule is O=S(=O)(CCC1CC1)N1CCNc2ccccc21. The Morgan fingerprint density at radius 3 is 2.83 bits per heavy atom. The molecule has 0 aromatic heterocycles. The summed E-state index contributed by atoms with van der Waals surface area (Å²) in [5.41, 5.74) is 1.71. The van der Waals surface area contributed by atoms with E-state index >= 15 is 0 Å². The van der Waals surface area contributed by atoms with E-state index in [2.05, 4.69) is 5.32 Å². The molecule has 5 heteroatoms. The van der Waals surface area contributed by atoms with Crippen LogP contribution < -0.4 is 9.62 Å². The van der Waals surface area contributed by atoms with Crippen LogP contribution in [0.2, 0.25) is 0 Å². The standard InChI is InChI=1S/C13H18N2O2S/c16-18(17,10-7-11-5-6-11)15-9-8-14-12-3-1-2-4-13(12)15/h1-4,11,14H,5-10H2. The molecule has 0 amide bonds. The Hall–Kier alpha value is -1.23. The van der Waals surface area contributed by atoms with Crippen molar-refractivity contribution >= 4 is 21.4 Å². The van der Waals surface area contributed by atoms with E-state index in [1.807, 2.05) is 24.3 Å². The van der Waals surface area contributed by atoms with Crippen molar-refractivity contribution in [1.82, 2.24) is 0 Å². The third kappa shape index (κ3) is 2.32. The maximum absolute atomic E-state index is 12.4. The molecule has 0 spiro atoms. The summed E-state index contributed by atoms with van der Waals surface area (Å²) in [5, 5.41) is 3.24. The Morgan fingerprint density at radius 1 is 1.28 bits per heavy atom. The lowest BCUT2D eigenvalue weighted by Gasteiger charge is -2.31. The molecule has 1 saturated carbocycles. The minimum Gasteiger partial charge on any atom is -0.382 e. The second kappa shape index (κ2) is 4.46. The Labute approximate surface area is 108 Å². The number of rotatable bonds is 4. The van der Waals surface area contributed by atoms with Crippen molar-refractivity contribution in [3.8, 4) is 0 Å². The van der Waals surface area contributed by atoms with Gasteiger partial charge >= 0.3 is 0 Å². The van der Waals surface area contributed by atoms with Gasteiger partial charge in [-0.3, -0.25) is 4.31 Å². The van der Waals surface area contributed by atoms with Gasteiger partial charge in [0.15, 0.2) is 0 Å². The molecule has 1 heterocycles. The predicted molar refractivity (Wildman–Crippen MR) is 73.4 cm³/mol. The maximum atomic E-state index is 12.4. The molecule has 3 rings (SSSR count). The normalized spacial score (nSPS) is 19.2. The van der Waals surface area contributed by atoms with Gasteiger partial charge in [-0.2, -0.15) is 0 Å². The zero-order chi connectivity index (χ0) is 12.6. The molecular formula is C13H18N2O2S. The molecule has 0 atom stereocenters. The molecule has 1 aliphatic heterocycles. The van der Waals surface area contributed by atoms with E-state index < -0.39 is 10.0 Å². The predicted octanol–water partition coefficient (Wildman–Crippen LogP) is 2.05. The third-order valence-corrected chi connectivity index (χ3v) is 5.42. The fourth-order valence-electron chi connectivity index (χ4n) is 2.37. The minimum atomic E-state index is -3.16. The maximum Gasteiger partial charge on any atom is 0.235 e. The van der Waals surface area contributed by atoms with Gasteiger partial charge in [0.1, 0.15) is 0 Å². The summed E-state index contributed by atoms with van der Waals surface area (Å²) in [6.07, 6.45) is 3.22. The Morgan fingerprint density at radius 2 is 2.06 bits per heavy atom. The molecule has 0 bridgehead atoms. The Kier molecular flexibility index (Phi) is 2.93. The highest BCUT2D eigenvalue weighted by Gasteiger charge is 2.30. The van der Waals surface area contributed by atoms with Crippen LogP contribution in [0.5, 0.6) is 0 Å². The molecular weight excluding hydrogens is 248 g/mol. The van der Waals surface area contributed by atoms with Crippen LogP contribution in [0.1, 0.15) is 19.3 Å². The van der Waals surface area contributed by atoms with E-state index in [4.69, 9.17) is 0 Å². The second-order valence-electron chi connectivity index (χ2n) is 5.06. The van der Waals surface area contributed by atoms with E-state index in [1.54, 1.807) is 4.31 Å². The number of anilines is 2. The summed E-state index contributed by atoms with van der Waals surface area (Å²) in [6.45, 7) is 1.21. The number of fused-ring (bicyclic) bond motifs is 1. The molecule has 1 aromatic rings. The monoisotopic (exact) mass is 266 g/mol. The number of benzene rings is 1. The minimum absolute atomic E-state index is 0.284.